The van der Waals surface area contributed by atoms with Crippen LogP contribution in [0.5, 0.6) is 0 Å². The van der Waals surface area contributed by atoms with Crippen LogP contribution in [-0.4, -0.2) is 5.11 Å². The van der Waals surface area contributed by atoms with Crippen molar-refractivity contribution in [2.45, 2.75) is 25.4 Å². The summed E-state index contributed by atoms with van der Waals surface area (Å²) < 4.78 is 11.5. The van der Waals surface area contributed by atoms with Gasteiger partial charge in [-0.1, -0.05) is 25.1 Å². The molecule has 1 N–H and O–H groups in total. The van der Waals surface area contributed by atoms with E-state index in [9.17, 15) is 5.11 Å². The van der Waals surface area contributed by atoms with Crippen LogP contribution in [0.4, 0.5) is 0 Å². The van der Waals surface area contributed by atoms with Crippen molar-refractivity contribution < 1.29 is 13.9 Å². The van der Waals surface area contributed by atoms with E-state index < -0.39 is 6.10 Å². The molecule has 3 heteroatoms. The van der Waals surface area contributed by atoms with Crippen molar-refractivity contribution in [3.8, 4) is 0 Å². The molecule has 1 fully saturated rings. The summed E-state index contributed by atoms with van der Waals surface area (Å²) >= 11 is 0. The lowest BCUT2D eigenvalue weighted by Crippen LogP contribution is -1.95. The molecule has 3 atom stereocenters. The smallest absolute Gasteiger partial charge is 0.169 e. The Kier molecular flexibility index (Phi) is 2.51. The fourth-order valence-corrected chi connectivity index (χ4v) is 2.71. The van der Waals surface area contributed by atoms with Crippen LogP contribution in [0.1, 0.15) is 42.6 Å². The Hall–Kier alpha value is -2.00. The SMILES string of the molecule is CC1CC1c1ccc(C(O)c2cc3ccccc3o2)o1. The minimum Gasteiger partial charge on any atom is -0.463 e. The molecule has 2 heterocycles. The van der Waals surface area contributed by atoms with Gasteiger partial charge < -0.3 is 13.9 Å². The Morgan fingerprint density at radius 3 is 2.65 bits per heavy atom. The maximum Gasteiger partial charge on any atom is 0.169 e. The molecule has 0 saturated heterocycles. The molecule has 1 aliphatic carbocycles. The zero-order valence-corrected chi connectivity index (χ0v) is 11.2. The van der Waals surface area contributed by atoms with Gasteiger partial charge in [-0.2, -0.15) is 0 Å². The number of hydrogen-bond donors (Lipinski definition) is 1. The van der Waals surface area contributed by atoms with Crippen molar-refractivity contribution >= 4 is 11.0 Å². The predicted octanol–water partition coefficient (Wildman–Crippen LogP) is 4.23. The van der Waals surface area contributed by atoms with E-state index in [4.69, 9.17) is 8.83 Å². The largest absolute Gasteiger partial charge is 0.463 e. The molecular weight excluding hydrogens is 252 g/mol. The van der Waals surface area contributed by atoms with Gasteiger partial charge in [-0.05, 0) is 36.6 Å². The van der Waals surface area contributed by atoms with Gasteiger partial charge in [-0.25, -0.2) is 0 Å². The topological polar surface area (TPSA) is 46.5 Å². The number of rotatable bonds is 3. The molecule has 1 saturated carbocycles. The molecule has 0 aliphatic heterocycles. The van der Waals surface area contributed by atoms with Crippen molar-refractivity contribution in [1.82, 2.24) is 0 Å². The lowest BCUT2D eigenvalue weighted by atomic mass is 10.2. The van der Waals surface area contributed by atoms with Gasteiger partial charge in [-0.3, -0.25) is 0 Å². The average Bonchev–Trinajstić information content (AvgIpc) is 2.93. The van der Waals surface area contributed by atoms with Crippen LogP contribution in [0.2, 0.25) is 0 Å². The van der Waals surface area contributed by atoms with Crippen LogP contribution in [0.3, 0.4) is 0 Å². The van der Waals surface area contributed by atoms with Gasteiger partial charge in [0.2, 0.25) is 0 Å². The first-order valence-electron chi connectivity index (χ1n) is 6.98. The third-order valence-corrected chi connectivity index (χ3v) is 4.11. The predicted molar refractivity (Wildman–Crippen MR) is 75.5 cm³/mol. The summed E-state index contributed by atoms with van der Waals surface area (Å²) in [7, 11) is 0. The van der Waals surface area contributed by atoms with Crippen molar-refractivity contribution in [2.24, 2.45) is 5.92 Å². The minimum atomic E-state index is -0.842. The van der Waals surface area contributed by atoms with Crippen molar-refractivity contribution in [1.29, 1.82) is 0 Å². The number of fused-ring (bicyclic) bond motifs is 1. The van der Waals surface area contributed by atoms with E-state index in [0.29, 0.717) is 23.4 Å². The number of benzene rings is 1. The molecule has 0 spiro atoms. The molecule has 2 aromatic heterocycles. The molecular formula is C17H16O3. The zero-order valence-electron chi connectivity index (χ0n) is 11.2. The van der Waals surface area contributed by atoms with Gasteiger partial charge in [0.25, 0.3) is 0 Å². The average molecular weight is 268 g/mol. The lowest BCUT2D eigenvalue weighted by Gasteiger charge is -2.03. The molecule has 102 valence electrons. The maximum atomic E-state index is 10.4. The van der Waals surface area contributed by atoms with Gasteiger partial charge in [0, 0.05) is 11.3 Å². The molecule has 3 nitrogen and oxygen atoms in total. The summed E-state index contributed by atoms with van der Waals surface area (Å²) in [6.07, 6.45) is 0.332. The Labute approximate surface area is 116 Å². The first kappa shape index (κ1) is 11.8. The first-order chi connectivity index (χ1) is 9.72. The third kappa shape index (κ3) is 1.86. The van der Waals surface area contributed by atoms with E-state index in [1.165, 1.54) is 6.42 Å². The van der Waals surface area contributed by atoms with Crippen molar-refractivity contribution in [2.75, 3.05) is 0 Å². The molecule has 0 radical (unpaired) electrons. The van der Waals surface area contributed by atoms with Crippen molar-refractivity contribution in [3.63, 3.8) is 0 Å². The Bertz CT molecular complexity index is 719. The monoisotopic (exact) mass is 268 g/mol. The van der Waals surface area contributed by atoms with Crippen LogP contribution < -0.4 is 0 Å². The fourth-order valence-electron chi connectivity index (χ4n) is 2.71. The second-order valence-corrected chi connectivity index (χ2v) is 5.65. The molecule has 1 aliphatic rings. The summed E-state index contributed by atoms with van der Waals surface area (Å²) in [5.74, 6) is 3.26. The highest BCUT2D eigenvalue weighted by Crippen LogP contribution is 2.47. The van der Waals surface area contributed by atoms with E-state index in [1.54, 1.807) is 0 Å². The maximum absolute atomic E-state index is 10.4. The molecule has 3 unspecified atom stereocenters. The Balaban J connectivity index is 1.65. The van der Waals surface area contributed by atoms with Gasteiger partial charge in [-0.15, -0.1) is 0 Å². The second kappa shape index (κ2) is 4.25. The molecule has 4 rings (SSSR count). The summed E-state index contributed by atoms with van der Waals surface area (Å²) in [6.45, 7) is 2.21. The van der Waals surface area contributed by atoms with E-state index in [0.717, 1.165) is 16.7 Å². The highest BCUT2D eigenvalue weighted by molar-refractivity contribution is 5.77. The van der Waals surface area contributed by atoms with Crippen LogP contribution in [-0.2, 0) is 0 Å². The molecule has 1 aromatic carbocycles. The third-order valence-electron chi connectivity index (χ3n) is 4.11. The second-order valence-electron chi connectivity index (χ2n) is 5.65. The quantitative estimate of drug-likeness (QED) is 0.773. The van der Waals surface area contributed by atoms with Gasteiger partial charge >= 0.3 is 0 Å². The van der Waals surface area contributed by atoms with Gasteiger partial charge in [0.1, 0.15) is 22.9 Å². The minimum absolute atomic E-state index is 0.520. The summed E-state index contributed by atoms with van der Waals surface area (Å²) in [5, 5.41) is 11.4. The highest BCUT2D eigenvalue weighted by Gasteiger charge is 2.37. The molecule has 0 amide bonds. The summed E-state index contributed by atoms with van der Waals surface area (Å²) in [5.41, 5.74) is 0.782. The van der Waals surface area contributed by atoms with E-state index in [-0.39, 0.29) is 0 Å². The fraction of sp³-hybridized carbons (Fsp3) is 0.294. The summed E-state index contributed by atoms with van der Waals surface area (Å²) in [6, 6.07) is 13.4. The van der Waals surface area contributed by atoms with Crippen LogP contribution in [0.25, 0.3) is 11.0 Å². The molecule has 0 bridgehead atoms. The Morgan fingerprint density at radius 2 is 1.90 bits per heavy atom. The van der Waals surface area contributed by atoms with E-state index in [2.05, 4.69) is 6.92 Å². The number of furan rings is 2. The standard InChI is InChI=1S/C17H16O3/c1-10-8-12(10)14-6-7-15(20-14)17(18)16-9-11-4-2-3-5-13(11)19-16/h2-7,9-10,12,17-18H,8H2,1H3. The number of hydrogen-bond acceptors (Lipinski definition) is 3. The van der Waals surface area contributed by atoms with Gasteiger partial charge in [0.05, 0.1) is 0 Å². The van der Waals surface area contributed by atoms with Crippen molar-refractivity contribution in [3.05, 3.63) is 59.7 Å². The number of aliphatic hydroxyl groups excluding tert-OH is 1. The lowest BCUT2D eigenvalue weighted by molar-refractivity contribution is 0.162. The normalized spacial score (nSPS) is 23.1. The number of aliphatic hydroxyl groups is 1. The van der Waals surface area contributed by atoms with Crippen LogP contribution in [0, 0.1) is 5.92 Å². The zero-order chi connectivity index (χ0) is 13.7. The summed E-state index contributed by atoms with van der Waals surface area (Å²) in [4.78, 5) is 0. The van der Waals surface area contributed by atoms with E-state index in [1.807, 2.05) is 42.5 Å². The first-order valence-corrected chi connectivity index (χ1v) is 6.98. The molecule has 20 heavy (non-hydrogen) atoms. The van der Waals surface area contributed by atoms with E-state index >= 15 is 0 Å². The van der Waals surface area contributed by atoms with Gasteiger partial charge in [0.15, 0.2) is 6.10 Å². The van der Waals surface area contributed by atoms with Crippen LogP contribution in [0.15, 0.2) is 51.3 Å². The molecule has 3 aromatic rings. The Morgan fingerprint density at radius 1 is 1.10 bits per heavy atom. The highest BCUT2D eigenvalue weighted by atomic mass is 16.4. The number of para-hydroxylation sites is 1. The van der Waals surface area contributed by atoms with Crippen LogP contribution >= 0.6 is 0 Å².